The van der Waals surface area contributed by atoms with Crippen LogP contribution in [0.4, 0.5) is 8.78 Å². The fraction of sp³-hybridized carbons (Fsp3) is 0.474. The average Bonchev–Trinajstić information content (AvgIpc) is 3.27. The van der Waals surface area contributed by atoms with Crippen molar-refractivity contribution in [1.82, 2.24) is 20.0 Å². The Bertz CT molecular complexity index is 801. The largest absolute Gasteiger partial charge is 0.337 e. The maximum absolute atomic E-state index is 14.1. The van der Waals surface area contributed by atoms with Crippen molar-refractivity contribution in [2.45, 2.75) is 38.3 Å². The summed E-state index contributed by atoms with van der Waals surface area (Å²) in [5.41, 5.74) is 1.63. The summed E-state index contributed by atoms with van der Waals surface area (Å²) in [6, 6.07) is 3.91. The minimum absolute atomic E-state index is 0.168. The summed E-state index contributed by atoms with van der Waals surface area (Å²) in [5, 5.41) is 6.82. The van der Waals surface area contributed by atoms with Crippen LogP contribution in [0.25, 0.3) is 11.3 Å². The number of halogens is 2. The molecule has 1 aromatic carbocycles. The molecule has 7 heteroatoms. The molecule has 4 rings (SSSR count). The maximum Gasteiger partial charge on any atom is 0.237 e. The van der Waals surface area contributed by atoms with E-state index in [1.807, 2.05) is 4.90 Å². The van der Waals surface area contributed by atoms with E-state index in [1.165, 1.54) is 25.0 Å². The van der Waals surface area contributed by atoms with Crippen LogP contribution in [-0.2, 0) is 11.3 Å². The van der Waals surface area contributed by atoms with Crippen molar-refractivity contribution in [2.24, 2.45) is 0 Å². The third-order valence-electron chi connectivity index (χ3n) is 5.41. The molecule has 1 aliphatic heterocycles. The minimum atomic E-state index is -0.627. The Labute approximate surface area is 151 Å². The Morgan fingerprint density at radius 1 is 1.19 bits per heavy atom. The van der Waals surface area contributed by atoms with Crippen molar-refractivity contribution in [3.8, 4) is 11.3 Å². The first-order valence-electron chi connectivity index (χ1n) is 9.11. The quantitative estimate of drug-likeness (QED) is 0.912. The van der Waals surface area contributed by atoms with E-state index >= 15 is 0 Å². The summed E-state index contributed by atoms with van der Waals surface area (Å²) < 4.78 is 27.3. The van der Waals surface area contributed by atoms with Crippen molar-refractivity contribution < 1.29 is 13.6 Å². The van der Waals surface area contributed by atoms with Crippen LogP contribution >= 0.6 is 0 Å². The maximum atomic E-state index is 14.1. The molecule has 1 aromatic heterocycles. The molecule has 2 aliphatic rings. The first-order valence-corrected chi connectivity index (χ1v) is 9.11. The van der Waals surface area contributed by atoms with E-state index in [4.69, 9.17) is 0 Å². The molecule has 0 bridgehead atoms. The lowest BCUT2D eigenvalue weighted by Crippen LogP contribution is -2.53. The third kappa shape index (κ3) is 3.35. The van der Waals surface area contributed by atoms with Crippen molar-refractivity contribution in [3.05, 3.63) is 41.6 Å². The van der Waals surface area contributed by atoms with Crippen LogP contribution in [0.1, 0.15) is 31.2 Å². The molecule has 1 saturated heterocycles. The number of aromatic amines is 1. The highest BCUT2D eigenvalue weighted by molar-refractivity contribution is 5.79. The van der Waals surface area contributed by atoms with Gasteiger partial charge in [0.25, 0.3) is 0 Å². The first-order chi connectivity index (χ1) is 12.6. The molecule has 1 N–H and O–H groups in total. The Morgan fingerprint density at radius 2 is 2.00 bits per heavy atom. The van der Waals surface area contributed by atoms with Gasteiger partial charge in [0.2, 0.25) is 5.91 Å². The standard InChI is InChI=1S/C19H22F2N4O/c20-14-5-6-16(17(21)9-14)19-13(10-22-23-19)11-24-7-8-25(18(26)12-24)15-3-1-2-4-15/h5-6,9-10,15H,1-4,7-8,11-12H2,(H,22,23). The smallest absolute Gasteiger partial charge is 0.237 e. The molecule has 0 spiro atoms. The topological polar surface area (TPSA) is 52.2 Å². The molecule has 0 unspecified atom stereocenters. The molecule has 2 fully saturated rings. The van der Waals surface area contributed by atoms with Crippen LogP contribution in [0.5, 0.6) is 0 Å². The summed E-state index contributed by atoms with van der Waals surface area (Å²) in [4.78, 5) is 16.6. The van der Waals surface area contributed by atoms with Crippen molar-refractivity contribution >= 4 is 5.91 Å². The van der Waals surface area contributed by atoms with Gasteiger partial charge in [-0.2, -0.15) is 5.10 Å². The zero-order chi connectivity index (χ0) is 18.1. The summed E-state index contributed by atoms with van der Waals surface area (Å²) in [6.07, 6.45) is 6.29. The second kappa shape index (κ2) is 7.15. The zero-order valence-corrected chi connectivity index (χ0v) is 14.5. The van der Waals surface area contributed by atoms with Gasteiger partial charge in [0, 0.05) is 42.9 Å². The number of nitrogens with one attached hydrogen (secondary N) is 1. The molecule has 138 valence electrons. The van der Waals surface area contributed by atoms with E-state index in [-0.39, 0.29) is 11.5 Å². The van der Waals surface area contributed by atoms with Gasteiger partial charge in [-0.05, 0) is 25.0 Å². The SMILES string of the molecule is O=C1CN(Cc2cn[nH]c2-c2ccc(F)cc2F)CCN1C1CCCC1. The van der Waals surface area contributed by atoms with Crippen molar-refractivity contribution in [3.63, 3.8) is 0 Å². The van der Waals surface area contributed by atoms with Crippen molar-refractivity contribution in [1.29, 1.82) is 0 Å². The molecule has 1 saturated carbocycles. The van der Waals surface area contributed by atoms with Gasteiger partial charge in [0.15, 0.2) is 0 Å². The van der Waals surface area contributed by atoms with Crippen LogP contribution in [-0.4, -0.2) is 51.6 Å². The predicted molar refractivity (Wildman–Crippen MR) is 93.2 cm³/mol. The molecule has 0 radical (unpaired) electrons. The van der Waals surface area contributed by atoms with Gasteiger partial charge in [0.05, 0.1) is 18.4 Å². The van der Waals surface area contributed by atoms with E-state index in [2.05, 4.69) is 15.1 Å². The number of carbonyl (C=O) groups excluding carboxylic acids is 1. The molecular formula is C19H22F2N4O. The lowest BCUT2D eigenvalue weighted by molar-refractivity contribution is -0.138. The van der Waals surface area contributed by atoms with E-state index in [9.17, 15) is 13.6 Å². The van der Waals surface area contributed by atoms with Crippen LogP contribution in [0.2, 0.25) is 0 Å². The van der Waals surface area contributed by atoms with Gasteiger partial charge in [-0.3, -0.25) is 14.8 Å². The van der Waals surface area contributed by atoms with Gasteiger partial charge >= 0.3 is 0 Å². The second-order valence-electron chi connectivity index (χ2n) is 7.13. The summed E-state index contributed by atoms with van der Waals surface area (Å²) in [6.45, 7) is 2.40. The highest BCUT2D eigenvalue weighted by Gasteiger charge is 2.31. The number of aromatic nitrogens is 2. The third-order valence-corrected chi connectivity index (χ3v) is 5.41. The number of hydrogen-bond acceptors (Lipinski definition) is 3. The number of rotatable bonds is 4. The van der Waals surface area contributed by atoms with E-state index in [1.54, 1.807) is 6.20 Å². The van der Waals surface area contributed by atoms with Crippen LogP contribution in [0.3, 0.4) is 0 Å². The monoisotopic (exact) mass is 360 g/mol. The predicted octanol–water partition coefficient (Wildman–Crippen LogP) is 2.94. The van der Waals surface area contributed by atoms with Crippen LogP contribution in [0, 0.1) is 11.6 Å². The van der Waals surface area contributed by atoms with Gasteiger partial charge in [0.1, 0.15) is 11.6 Å². The highest BCUT2D eigenvalue weighted by Crippen LogP contribution is 2.28. The van der Waals surface area contributed by atoms with Gasteiger partial charge in [-0.1, -0.05) is 12.8 Å². The molecule has 2 heterocycles. The lowest BCUT2D eigenvalue weighted by Gasteiger charge is -2.37. The molecule has 2 aromatic rings. The van der Waals surface area contributed by atoms with Gasteiger partial charge < -0.3 is 4.90 Å². The fourth-order valence-electron chi connectivity index (χ4n) is 4.07. The molecule has 26 heavy (non-hydrogen) atoms. The number of H-pyrrole nitrogens is 1. The minimum Gasteiger partial charge on any atom is -0.337 e. The highest BCUT2D eigenvalue weighted by atomic mass is 19.1. The van der Waals surface area contributed by atoms with E-state index in [0.717, 1.165) is 37.6 Å². The lowest BCUT2D eigenvalue weighted by atomic mass is 10.1. The second-order valence-corrected chi connectivity index (χ2v) is 7.13. The van der Waals surface area contributed by atoms with Crippen molar-refractivity contribution in [2.75, 3.05) is 19.6 Å². The number of benzene rings is 1. The molecule has 1 aliphatic carbocycles. The molecule has 0 atom stereocenters. The Morgan fingerprint density at radius 3 is 2.73 bits per heavy atom. The number of hydrogen-bond donors (Lipinski definition) is 1. The summed E-state index contributed by atoms with van der Waals surface area (Å²) in [7, 11) is 0. The van der Waals surface area contributed by atoms with Gasteiger partial charge in [-0.15, -0.1) is 0 Å². The molecule has 5 nitrogen and oxygen atoms in total. The number of amides is 1. The summed E-state index contributed by atoms with van der Waals surface area (Å²) in [5.74, 6) is -1.07. The fourth-order valence-corrected chi connectivity index (χ4v) is 4.07. The van der Waals surface area contributed by atoms with E-state index < -0.39 is 11.6 Å². The number of nitrogens with zero attached hydrogens (tertiary/aromatic N) is 3. The Hall–Kier alpha value is -2.28. The zero-order valence-electron chi connectivity index (χ0n) is 14.5. The average molecular weight is 360 g/mol. The van der Waals surface area contributed by atoms with E-state index in [0.29, 0.717) is 24.8 Å². The van der Waals surface area contributed by atoms with Crippen LogP contribution in [0.15, 0.2) is 24.4 Å². The number of carbonyl (C=O) groups is 1. The molecule has 1 amide bonds. The summed E-state index contributed by atoms with van der Waals surface area (Å²) >= 11 is 0. The van der Waals surface area contributed by atoms with Gasteiger partial charge in [-0.25, -0.2) is 8.78 Å². The Balaban J connectivity index is 1.46. The Kier molecular flexibility index (Phi) is 4.72. The van der Waals surface area contributed by atoms with Crippen LogP contribution < -0.4 is 0 Å². The number of piperazine rings is 1. The first kappa shape index (κ1) is 17.1. The normalized spacial score (nSPS) is 19.5. The molecular weight excluding hydrogens is 338 g/mol.